The van der Waals surface area contributed by atoms with Crippen molar-refractivity contribution in [3.63, 3.8) is 0 Å². The summed E-state index contributed by atoms with van der Waals surface area (Å²) >= 11 is 0. The summed E-state index contributed by atoms with van der Waals surface area (Å²) in [5, 5.41) is 0. The van der Waals surface area contributed by atoms with E-state index in [2.05, 4.69) is 71.4 Å². The summed E-state index contributed by atoms with van der Waals surface area (Å²) < 4.78 is 2.11. The van der Waals surface area contributed by atoms with Crippen molar-refractivity contribution in [3.05, 3.63) is 103 Å². The lowest BCUT2D eigenvalue weighted by Crippen LogP contribution is -1.90. The molecule has 0 atom stereocenters. The third-order valence-corrected chi connectivity index (χ3v) is 4.93. The average Bonchev–Trinajstić information content (AvgIpc) is 3.19. The quantitative estimate of drug-likeness (QED) is 0.406. The molecule has 3 nitrogen and oxygen atoms in total. The Hall–Kier alpha value is -3.85. The first-order chi connectivity index (χ1) is 13.8. The van der Waals surface area contributed by atoms with Crippen LogP contribution in [0.5, 0.6) is 0 Å². The summed E-state index contributed by atoms with van der Waals surface area (Å²) in [5.74, 6) is 0. The first-order valence-electron chi connectivity index (χ1n) is 9.27. The van der Waals surface area contributed by atoms with Crippen molar-refractivity contribution in [1.82, 2.24) is 9.38 Å². The molecule has 2 N–H and O–H groups in total. The highest BCUT2D eigenvalue weighted by atomic mass is 15.0. The second kappa shape index (κ2) is 6.71. The molecule has 5 rings (SSSR count). The highest BCUT2D eigenvalue weighted by Gasteiger charge is 2.12. The van der Waals surface area contributed by atoms with E-state index in [4.69, 9.17) is 10.7 Å². The maximum atomic E-state index is 5.98. The van der Waals surface area contributed by atoms with Crippen molar-refractivity contribution in [2.24, 2.45) is 0 Å². The van der Waals surface area contributed by atoms with Gasteiger partial charge in [0.2, 0.25) is 0 Å². The third kappa shape index (κ3) is 2.93. The summed E-state index contributed by atoms with van der Waals surface area (Å²) in [6, 6.07) is 30.9. The van der Waals surface area contributed by atoms with Gasteiger partial charge < -0.3 is 10.1 Å². The minimum atomic E-state index is 0.739. The largest absolute Gasteiger partial charge is 0.399 e. The molecule has 5 aromatic rings. The Morgan fingerprint density at radius 3 is 2.00 bits per heavy atom. The Morgan fingerprint density at radius 1 is 0.607 bits per heavy atom. The normalized spacial score (nSPS) is 11.0. The number of hydrogen-bond acceptors (Lipinski definition) is 2. The summed E-state index contributed by atoms with van der Waals surface area (Å²) in [6.45, 7) is 0. The van der Waals surface area contributed by atoms with E-state index in [1.54, 1.807) is 0 Å². The second-order valence-corrected chi connectivity index (χ2v) is 6.86. The number of anilines is 1. The van der Waals surface area contributed by atoms with Crippen LogP contribution in [0.15, 0.2) is 103 Å². The average molecular weight is 361 g/mol. The molecule has 3 aromatic carbocycles. The molecule has 0 saturated carbocycles. The van der Waals surface area contributed by atoms with Gasteiger partial charge in [-0.2, -0.15) is 0 Å². The van der Waals surface area contributed by atoms with Crippen molar-refractivity contribution in [2.45, 2.75) is 0 Å². The number of imidazole rings is 1. The topological polar surface area (TPSA) is 43.3 Å². The molecule has 2 aromatic heterocycles. The molecule has 0 aliphatic rings. The predicted octanol–water partition coefficient (Wildman–Crippen LogP) is 5.92. The van der Waals surface area contributed by atoms with E-state index in [0.29, 0.717) is 0 Å². The molecule has 3 heteroatoms. The fourth-order valence-electron chi connectivity index (χ4n) is 3.55. The van der Waals surface area contributed by atoms with Gasteiger partial charge in [0.1, 0.15) is 5.65 Å². The van der Waals surface area contributed by atoms with E-state index >= 15 is 0 Å². The number of rotatable bonds is 3. The van der Waals surface area contributed by atoms with Gasteiger partial charge in [-0.3, -0.25) is 0 Å². The molecule has 0 saturated heterocycles. The highest BCUT2D eigenvalue weighted by molar-refractivity contribution is 5.84. The van der Waals surface area contributed by atoms with Gasteiger partial charge >= 0.3 is 0 Å². The second-order valence-electron chi connectivity index (χ2n) is 6.86. The maximum absolute atomic E-state index is 5.98. The van der Waals surface area contributed by atoms with Crippen LogP contribution >= 0.6 is 0 Å². The summed E-state index contributed by atoms with van der Waals surface area (Å²) in [6.07, 6.45) is 4.21. The molecule has 0 aliphatic carbocycles. The van der Waals surface area contributed by atoms with Gasteiger partial charge in [-0.15, -0.1) is 0 Å². The lowest BCUT2D eigenvalue weighted by Gasteiger charge is -2.09. The van der Waals surface area contributed by atoms with E-state index in [-0.39, 0.29) is 0 Å². The van der Waals surface area contributed by atoms with Gasteiger partial charge in [0, 0.05) is 29.2 Å². The maximum Gasteiger partial charge on any atom is 0.145 e. The number of pyridine rings is 1. The van der Waals surface area contributed by atoms with E-state index in [1.807, 2.05) is 36.4 Å². The number of hydrogen-bond donors (Lipinski definition) is 1. The van der Waals surface area contributed by atoms with Gasteiger partial charge in [-0.1, -0.05) is 72.8 Å². The first-order valence-corrected chi connectivity index (χ1v) is 9.27. The zero-order valence-electron chi connectivity index (χ0n) is 15.3. The van der Waals surface area contributed by atoms with E-state index in [0.717, 1.165) is 39.3 Å². The van der Waals surface area contributed by atoms with Gasteiger partial charge in [-0.25, -0.2) is 4.98 Å². The van der Waals surface area contributed by atoms with Crippen molar-refractivity contribution in [2.75, 3.05) is 5.73 Å². The molecule has 0 fully saturated rings. The number of nitrogens with two attached hydrogens (primary N) is 1. The van der Waals surface area contributed by atoms with Gasteiger partial charge in [0.25, 0.3) is 0 Å². The third-order valence-electron chi connectivity index (χ3n) is 4.93. The molecule has 28 heavy (non-hydrogen) atoms. The zero-order chi connectivity index (χ0) is 18.9. The van der Waals surface area contributed by atoms with Gasteiger partial charge in [0.05, 0.1) is 5.69 Å². The molecule has 2 heterocycles. The van der Waals surface area contributed by atoms with Crippen LogP contribution in [0.4, 0.5) is 5.69 Å². The number of nitrogens with zero attached hydrogens (tertiary/aromatic N) is 2. The van der Waals surface area contributed by atoms with E-state index < -0.39 is 0 Å². The molecule has 0 amide bonds. The van der Waals surface area contributed by atoms with Crippen LogP contribution in [0.3, 0.4) is 0 Å². The first kappa shape index (κ1) is 16.3. The van der Waals surface area contributed by atoms with Gasteiger partial charge in [0.15, 0.2) is 0 Å². The van der Waals surface area contributed by atoms with Crippen LogP contribution in [0.25, 0.3) is 39.2 Å². The zero-order valence-corrected chi connectivity index (χ0v) is 15.3. The van der Waals surface area contributed by atoms with Crippen LogP contribution in [-0.2, 0) is 0 Å². The van der Waals surface area contributed by atoms with Crippen LogP contribution in [0.1, 0.15) is 0 Å². The predicted molar refractivity (Wildman–Crippen MR) is 116 cm³/mol. The van der Waals surface area contributed by atoms with E-state index in [1.165, 1.54) is 5.56 Å². The molecular weight excluding hydrogens is 342 g/mol. The Bertz CT molecular complexity index is 1260. The Kier molecular flexibility index (Phi) is 3.91. The smallest absolute Gasteiger partial charge is 0.145 e. The minimum absolute atomic E-state index is 0.739. The lowest BCUT2D eigenvalue weighted by molar-refractivity contribution is 1.19. The van der Waals surface area contributed by atoms with Crippen LogP contribution in [-0.4, -0.2) is 9.38 Å². The molecule has 134 valence electrons. The van der Waals surface area contributed by atoms with Crippen molar-refractivity contribution < 1.29 is 0 Å². The standard InChI is InChI=1S/C25H19N3/c26-22-13-7-12-20(14-22)24-17-28-16-21(18-8-3-1-4-9-18)15-23(25(28)27-24)19-10-5-2-6-11-19/h1-17H,26H2. The van der Waals surface area contributed by atoms with E-state index in [9.17, 15) is 0 Å². The fraction of sp³-hybridized carbons (Fsp3) is 0. The van der Waals surface area contributed by atoms with Crippen molar-refractivity contribution >= 4 is 11.3 Å². The summed E-state index contributed by atoms with van der Waals surface area (Å²) in [7, 11) is 0. The fourth-order valence-corrected chi connectivity index (χ4v) is 3.55. The monoisotopic (exact) mass is 361 g/mol. The van der Waals surface area contributed by atoms with Crippen molar-refractivity contribution in [1.29, 1.82) is 0 Å². The van der Waals surface area contributed by atoms with Crippen LogP contribution in [0, 0.1) is 0 Å². The molecule has 0 spiro atoms. The summed E-state index contributed by atoms with van der Waals surface area (Å²) in [5.41, 5.74) is 14.2. The molecule has 0 aliphatic heterocycles. The molecule has 0 radical (unpaired) electrons. The molecule has 0 bridgehead atoms. The van der Waals surface area contributed by atoms with Crippen LogP contribution < -0.4 is 5.73 Å². The Morgan fingerprint density at radius 2 is 1.29 bits per heavy atom. The van der Waals surface area contributed by atoms with Crippen molar-refractivity contribution in [3.8, 4) is 33.5 Å². The minimum Gasteiger partial charge on any atom is -0.399 e. The molecule has 0 unspecified atom stereocenters. The number of fused-ring (bicyclic) bond motifs is 1. The number of benzene rings is 3. The Balaban J connectivity index is 1.77. The highest BCUT2D eigenvalue weighted by Crippen LogP contribution is 2.32. The number of aromatic nitrogens is 2. The lowest BCUT2D eigenvalue weighted by atomic mass is 10.0. The summed E-state index contributed by atoms with van der Waals surface area (Å²) in [4.78, 5) is 4.94. The van der Waals surface area contributed by atoms with Crippen LogP contribution in [0.2, 0.25) is 0 Å². The SMILES string of the molecule is Nc1cccc(-c2cn3cc(-c4ccccc4)cc(-c4ccccc4)c3n2)c1. The number of nitrogen functional groups attached to an aromatic ring is 1. The molecular formula is C25H19N3. The van der Waals surface area contributed by atoms with Gasteiger partial charge in [-0.05, 0) is 34.9 Å². The Labute approximate surface area is 163 Å².